The second kappa shape index (κ2) is 6.89. The Bertz CT molecular complexity index is 544. The van der Waals surface area contributed by atoms with Crippen molar-refractivity contribution in [2.75, 3.05) is 19.7 Å². The Morgan fingerprint density at radius 1 is 1.17 bits per heavy atom. The van der Waals surface area contributed by atoms with E-state index in [0.717, 1.165) is 6.42 Å². The average Bonchev–Trinajstić information content (AvgIpc) is 2.95. The predicted molar refractivity (Wildman–Crippen MR) is 86.4 cm³/mol. The average molecular weight is 319 g/mol. The molecule has 1 aromatic carbocycles. The van der Waals surface area contributed by atoms with Gasteiger partial charge in [-0.05, 0) is 43.2 Å². The molecular weight excluding hydrogens is 294 g/mol. The van der Waals surface area contributed by atoms with E-state index in [2.05, 4.69) is 0 Å². The van der Waals surface area contributed by atoms with Crippen molar-refractivity contribution in [1.82, 2.24) is 4.90 Å². The van der Waals surface area contributed by atoms with Gasteiger partial charge in [-0.1, -0.05) is 19.1 Å². The maximum absolute atomic E-state index is 12.9. The molecule has 1 aliphatic carbocycles. The lowest BCUT2D eigenvalue weighted by Gasteiger charge is -2.31. The molecule has 3 rings (SSSR count). The third-order valence-electron chi connectivity index (χ3n) is 4.98. The van der Waals surface area contributed by atoms with Crippen molar-refractivity contribution in [2.24, 2.45) is 11.8 Å². The minimum absolute atomic E-state index is 0.0184. The van der Waals surface area contributed by atoms with E-state index >= 15 is 0 Å². The summed E-state index contributed by atoms with van der Waals surface area (Å²) in [6.07, 6.45) is 0.720. The van der Waals surface area contributed by atoms with Crippen LogP contribution in [0.4, 0.5) is 0 Å². The van der Waals surface area contributed by atoms with Crippen molar-refractivity contribution < 1.29 is 19.7 Å². The molecule has 1 amide bonds. The van der Waals surface area contributed by atoms with Crippen molar-refractivity contribution in [3.8, 4) is 5.75 Å². The van der Waals surface area contributed by atoms with E-state index in [1.165, 1.54) is 0 Å². The first-order valence-corrected chi connectivity index (χ1v) is 8.47. The second-order valence-electron chi connectivity index (χ2n) is 6.68. The molecule has 126 valence electrons. The molecule has 4 atom stereocenters. The van der Waals surface area contributed by atoms with Gasteiger partial charge in [-0.25, -0.2) is 0 Å². The highest BCUT2D eigenvalue weighted by atomic mass is 16.5. The highest BCUT2D eigenvalue weighted by molar-refractivity contribution is 5.97. The molecular formula is C18H25NO4. The number of para-hydroxylation sites is 1. The fourth-order valence-electron chi connectivity index (χ4n) is 3.72. The number of hydrogen-bond acceptors (Lipinski definition) is 4. The van der Waals surface area contributed by atoms with Crippen molar-refractivity contribution >= 4 is 5.91 Å². The van der Waals surface area contributed by atoms with Crippen LogP contribution in [-0.4, -0.2) is 52.9 Å². The number of fused-ring (bicyclic) bond motifs is 1. The number of aliphatic hydroxyl groups excluding tert-OH is 2. The van der Waals surface area contributed by atoms with Crippen LogP contribution in [0.1, 0.15) is 36.5 Å². The maximum Gasteiger partial charge on any atom is 0.257 e. The molecule has 0 spiro atoms. The Morgan fingerprint density at radius 2 is 1.78 bits per heavy atom. The number of amides is 1. The first-order chi connectivity index (χ1) is 11.1. The molecule has 1 saturated carbocycles. The zero-order chi connectivity index (χ0) is 16.4. The summed E-state index contributed by atoms with van der Waals surface area (Å²) in [7, 11) is 0. The molecule has 2 fully saturated rings. The number of rotatable bonds is 4. The van der Waals surface area contributed by atoms with Crippen LogP contribution in [0.5, 0.6) is 5.75 Å². The highest BCUT2D eigenvalue weighted by Gasteiger charge is 2.42. The SMILES string of the molecule is CCCOc1ccccc1C(=O)N1CC2CC(O)C(O)CC2C1. The summed E-state index contributed by atoms with van der Waals surface area (Å²) >= 11 is 0. The van der Waals surface area contributed by atoms with Gasteiger partial charge in [-0.15, -0.1) is 0 Å². The van der Waals surface area contributed by atoms with Crippen LogP contribution in [0.25, 0.3) is 0 Å². The van der Waals surface area contributed by atoms with Crippen molar-refractivity contribution in [3.05, 3.63) is 29.8 Å². The number of ether oxygens (including phenoxy) is 1. The fourth-order valence-corrected chi connectivity index (χ4v) is 3.72. The lowest BCUT2D eigenvalue weighted by atomic mass is 9.79. The van der Waals surface area contributed by atoms with Gasteiger partial charge in [-0.3, -0.25) is 4.79 Å². The number of carbonyl (C=O) groups is 1. The summed E-state index contributed by atoms with van der Waals surface area (Å²) in [5.74, 6) is 1.17. The number of benzene rings is 1. The van der Waals surface area contributed by atoms with Crippen LogP contribution in [0.15, 0.2) is 24.3 Å². The smallest absolute Gasteiger partial charge is 0.257 e. The highest BCUT2D eigenvalue weighted by Crippen LogP contribution is 2.37. The summed E-state index contributed by atoms with van der Waals surface area (Å²) in [6.45, 7) is 3.92. The van der Waals surface area contributed by atoms with Crippen LogP contribution >= 0.6 is 0 Å². The van der Waals surface area contributed by atoms with Gasteiger partial charge in [0.25, 0.3) is 5.91 Å². The molecule has 0 bridgehead atoms. The molecule has 23 heavy (non-hydrogen) atoms. The van der Waals surface area contributed by atoms with Gasteiger partial charge in [-0.2, -0.15) is 0 Å². The van der Waals surface area contributed by atoms with Crippen molar-refractivity contribution in [2.45, 2.75) is 38.4 Å². The Labute approximate surface area is 136 Å². The molecule has 1 saturated heterocycles. The van der Waals surface area contributed by atoms with E-state index in [0.29, 0.717) is 43.9 Å². The van der Waals surface area contributed by atoms with Gasteiger partial charge in [0.2, 0.25) is 0 Å². The zero-order valence-corrected chi connectivity index (χ0v) is 13.5. The summed E-state index contributed by atoms with van der Waals surface area (Å²) in [4.78, 5) is 14.7. The summed E-state index contributed by atoms with van der Waals surface area (Å²) in [6, 6.07) is 7.36. The molecule has 1 aliphatic heterocycles. The van der Waals surface area contributed by atoms with Gasteiger partial charge in [0.15, 0.2) is 0 Å². The molecule has 0 aromatic heterocycles. The van der Waals surface area contributed by atoms with Crippen LogP contribution in [-0.2, 0) is 0 Å². The number of likely N-dealkylation sites (tertiary alicyclic amines) is 1. The third kappa shape index (κ3) is 3.35. The molecule has 5 heteroatoms. The molecule has 0 radical (unpaired) electrons. The first kappa shape index (κ1) is 16.3. The number of carbonyl (C=O) groups excluding carboxylic acids is 1. The van der Waals surface area contributed by atoms with E-state index in [9.17, 15) is 15.0 Å². The zero-order valence-electron chi connectivity index (χ0n) is 13.5. The number of nitrogens with zero attached hydrogens (tertiary/aromatic N) is 1. The maximum atomic E-state index is 12.9. The quantitative estimate of drug-likeness (QED) is 0.886. The van der Waals surface area contributed by atoms with Crippen LogP contribution < -0.4 is 4.74 Å². The van der Waals surface area contributed by atoms with Crippen LogP contribution in [0.3, 0.4) is 0 Å². The minimum atomic E-state index is -0.661. The Hall–Kier alpha value is -1.59. The summed E-state index contributed by atoms with van der Waals surface area (Å²) in [5.41, 5.74) is 0.598. The first-order valence-electron chi connectivity index (χ1n) is 8.47. The van der Waals surface area contributed by atoms with E-state index in [1.54, 1.807) is 6.07 Å². The van der Waals surface area contributed by atoms with Crippen LogP contribution in [0, 0.1) is 11.8 Å². The molecule has 2 N–H and O–H groups in total. The van der Waals surface area contributed by atoms with Gasteiger partial charge in [0, 0.05) is 13.1 Å². The Morgan fingerprint density at radius 3 is 2.39 bits per heavy atom. The minimum Gasteiger partial charge on any atom is -0.493 e. The standard InChI is InChI=1S/C18H25NO4/c1-2-7-23-17-6-4-3-5-14(17)18(22)19-10-12-8-15(20)16(21)9-13(12)11-19/h3-6,12-13,15-16,20-21H,2,7-11H2,1H3. The Kier molecular flexibility index (Phi) is 4.87. The van der Waals surface area contributed by atoms with Gasteiger partial charge < -0.3 is 19.8 Å². The topological polar surface area (TPSA) is 70.0 Å². The van der Waals surface area contributed by atoms with Gasteiger partial charge >= 0.3 is 0 Å². The van der Waals surface area contributed by atoms with Crippen LogP contribution in [0.2, 0.25) is 0 Å². The van der Waals surface area contributed by atoms with E-state index in [4.69, 9.17) is 4.74 Å². The lowest BCUT2D eigenvalue weighted by Crippen LogP contribution is -2.38. The third-order valence-corrected chi connectivity index (χ3v) is 4.98. The summed E-state index contributed by atoms with van der Waals surface area (Å²) in [5, 5.41) is 19.7. The molecule has 2 aliphatic rings. The second-order valence-corrected chi connectivity index (χ2v) is 6.68. The van der Waals surface area contributed by atoms with Gasteiger partial charge in [0.1, 0.15) is 5.75 Å². The van der Waals surface area contributed by atoms with Gasteiger partial charge in [0.05, 0.1) is 24.4 Å². The van der Waals surface area contributed by atoms with E-state index in [1.807, 2.05) is 30.0 Å². The normalized spacial score (nSPS) is 30.1. The molecule has 1 heterocycles. The number of hydrogen-bond donors (Lipinski definition) is 2. The molecule has 5 nitrogen and oxygen atoms in total. The fraction of sp³-hybridized carbons (Fsp3) is 0.611. The van der Waals surface area contributed by atoms with E-state index < -0.39 is 12.2 Å². The monoisotopic (exact) mass is 319 g/mol. The van der Waals surface area contributed by atoms with Crippen molar-refractivity contribution in [3.63, 3.8) is 0 Å². The van der Waals surface area contributed by atoms with Crippen molar-refractivity contribution in [1.29, 1.82) is 0 Å². The molecule has 1 aromatic rings. The largest absolute Gasteiger partial charge is 0.493 e. The Balaban J connectivity index is 1.72. The predicted octanol–water partition coefficient (Wildman–Crippen LogP) is 1.68. The molecule has 4 unspecified atom stereocenters. The summed E-state index contributed by atoms with van der Waals surface area (Å²) < 4.78 is 5.69. The lowest BCUT2D eigenvalue weighted by molar-refractivity contribution is -0.0372. The number of aliphatic hydroxyl groups is 2. The van der Waals surface area contributed by atoms with E-state index in [-0.39, 0.29) is 17.7 Å².